The zero-order valence-electron chi connectivity index (χ0n) is 7.50. The first-order chi connectivity index (χ1) is 7.08. The molecule has 1 aliphatic rings. The van der Waals surface area contributed by atoms with Crippen LogP contribution in [0.4, 0.5) is 4.39 Å². The number of benzene rings is 1. The minimum atomic E-state index is -0.733. The van der Waals surface area contributed by atoms with E-state index in [1.165, 1.54) is 18.2 Å². The van der Waals surface area contributed by atoms with E-state index in [9.17, 15) is 9.18 Å². The molecule has 1 aromatic rings. The monoisotopic (exact) mass is 227 g/mol. The number of nitrogens with zero attached hydrogens (tertiary/aromatic N) is 1. The third-order valence-corrected chi connectivity index (χ3v) is 2.32. The third-order valence-electron chi connectivity index (χ3n) is 2.03. The molecule has 0 saturated carbocycles. The molecule has 1 heterocycles. The van der Waals surface area contributed by atoms with E-state index in [0.717, 1.165) is 0 Å². The average Bonchev–Trinajstić information content (AvgIpc) is 2.50. The largest absolute Gasteiger partial charge is 0.370 e. The smallest absolute Gasteiger partial charge is 0.256 e. The van der Waals surface area contributed by atoms with Gasteiger partial charge in [0.25, 0.3) is 5.91 Å². The highest BCUT2D eigenvalue weighted by molar-refractivity contribution is 6.30. The van der Waals surface area contributed by atoms with Crippen LogP contribution in [-0.4, -0.2) is 11.9 Å². The van der Waals surface area contributed by atoms with Gasteiger partial charge in [0.1, 0.15) is 5.82 Å². The first kappa shape index (κ1) is 9.92. The fourth-order valence-corrected chi connectivity index (χ4v) is 1.52. The Hall–Kier alpha value is -1.62. The number of aliphatic imine (C=N–C) groups is 1. The molecule has 0 spiro atoms. The van der Waals surface area contributed by atoms with Gasteiger partial charge in [-0.1, -0.05) is 17.7 Å². The van der Waals surface area contributed by atoms with Crippen molar-refractivity contribution in [1.29, 1.82) is 0 Å². The molecule has 0 radical (unpaired) electrons. The zero-order chi connectivity index (χ0) is 11.0. The Kier molecular flexibility index (Phi) is 2.32. The molecule has 0 aliphatic carbocycles. The summed E-state index contributed by atoms with van der Waals surface area (Å²) >= 11 is 5.59. The molecule has 1 unspecified atom stereocenters. The van der Waals surface area contributed by atoms with Crippen molar-refractivity contribution in [2.45, 2.75) is 6.04 Å². The second kappa shape index (κ2) is 3.51. The van der Waals surface area contributed by atoms with Crippen LogP contribution < -0.4 is 11.1 Å². The molecular weight excluding hydrogens is 221 g/mol. The minimum Gasteiger partial charge on any atom is -0.370 e. The standard InChI is InChI=1S/C9H7ClFN3O/c10-5-3-4(1-2-6(5)11)7-8(15)14-9(12)13-7/h1-3,7H,(H3,12,13,14,15). The lowest BCUT2D eigenvalue weighted by atomic mass is 10.1. The van der Waals surface area contributed by atoms with Crippen LogP contribution in [0.15, 0.2) is 23.2 Å². The number of hydrogen-bond donors (Lipinski definition) is 2. The van der Waals surface area contributed by atoms with Crippen LogP contribution in [0.5, 0.6) is 0 Å². The summed E-state index contributed by atoms with van der Waals surface area (Å²) in [5, 5.41) is 2.31. The lowest BCUT2D eigenvalue weighted by molar-refractivity contribution is -0.120. The Bertz CT molecular complexity index is 461. The molecule has 3 N–H and O–H groups in total. The maximum absolute atomic E-state index is 12.9. The van der Waals surface area contributed by atoms with Crippen LogP contribution in [0.2, 0.25) is 5.02 Å². The van der Waals surface area contributed by atoms with Gasteiger partial charge >= 0.3 is 0 Å². The van der Waals surface area contributed by atoms with Gasteiger partial charge < -0.3 is 5.73 Å². The van der Waals surface area contributed by atoms with Gasteiger partial charge in [-0.05, 0) is 17.7 Å². The van der Waals surface area contributed by atoms with Gasteiger partial charge in [0.15, 0.2) is 12.0 Å². The molecule has 1 atom stereocenters. The number of hydrogen-bond acceptors (Lipinski definition) is 3. The number of halogens is 2. The molecule has 1 aliphatic heterocycles. The van der Waals surface area contributed by atoms with Crippen molar-refractivity contribution >= 4 is 23.5 Å². The maximum atomic E-state index is 12.9. The molecule has 4 nitrogen and oxygen atoms in total. The van der Waals surface area contributed by atoms with Crippen LogP contribution in [0.3, 0.4) is 0 Å². The lowest BCUT2D eigenvalue weighted by Gasteiger charge is -2.05. The Balaban J connectivity index is 2.38. The highest BCUT2D eigenvalue weighted by Crippen LogP contribution is 2.25. The predicted molar refractivity (Wildman–Crippen MR) is 53.9 cm³/mol. The van der Waals surface area contributed by atoms with Gasteiger partial charge in [-0.15, -0.1) is 0 Å². The molecule has 15 heavy (non-hydrogen) atoms. The number of nitrogens with two attached hydrogens (primary N) is 1. The van der Waals surface area contributed by atoms with Gasteiger partial charge in [-0.25, -0.2) is 9.38 Å². The summed E-state index contributed by atoms with van der Waals surface area (Å²) in [4.78, 5) is 15.2. The first-order valence-electron chi connectivity index (χ1n) is 4.17. The van der Waals surface area contributed by atoms with Crippen LogP contribution in [0.25, 0.3) is 0 Å². The summed E-state index contributed by atoms with van der Waals surface area (Å²) < 4.78 is 12.9. The van der Waals surface area contributed by atoms with E-state index in [1.807, 2.05) is 0 Å². The van der Waals surface area contributed by atoms with Gasteiger partial charge in [-0.2, -0.15) is 0 Å². The number of guanidine groups is 1. The Morgan fingerprint density at radius 1 is 1.53 bits per heavy atom. The molecule has 0 bridgehead atoms. The summed E-state index contributed by atoms with van der Waals surface area (Å²) in [5.74, 6) is -0.809. The second-order valence-electron chi connectivity index (χ2n) is 3.08. The van der Waals surface area contributed by atoms with E-state index < -0.39 is 11.9 Å². The van der Waals surface area contributed by atoms with Crippen LogP contribution in [0, 0.1) is 5.82 Å². The molecule has 0 saturated heterocycles. The number of amides is 1. The predicted octanol–water partition coefficient (Wildman–Crippen LogP) is 0.965. The molecule has 2 rings (SSSR count). The summed E-state index contributed by atoms with van der Waals surface area (Å²) in [6.45, 7) is 0. The van der Waals surface area contributed by atoms with E-state index in [4.69, 9.17) is 17.3 Å². The minimum absolute atomic E-state index is 0.0408. The normalized spacial score (nSPS) is 20.0. The summed E-state index contributed by atoms with van der Waals surface area (Å²) in [6.07, 6.45) is 0. The van der Waals surface area contributed by atoms with Crippen molar-refractivity contribution in [2.75, 3.05) is 0 Å². The number of carbonyl (C=O) groups is 1. The highest BCUT2D eigenvalue weighted by atomic mass is 35.5. The molecule has 6 heteroatoms. The first-order valence-corrected chi connectivity index (χ1v) is 4.55. The Morgan fingerprint density at radius 3 is 2.80 bits per heavy atom. The molecule has 0 fully saturated rings. The van der Waals surface area contributed by atoms with E-state index in [2.05, 4.69) is 10.3 Å². The van der Waals surface area contributed by atoms with E-state index in [0.29, 0.717) is 5.56 Å². The van der Waals surface area contributed by atoms with Crippen LogP contribution in [-0.2, 0) is 4.79 Å². The lowest BCUT2D eigenvalue weighted by Crippen LogP contribution is -2.31. The van der Waals surface area contributed by atoms with Crippen molar-refractivity contribution in [1.82, 2.24) is 5.32 Å². The maximum Gasteiger partial charge on any atom is 0.256 e. The summed E-state index contributed by atoms with van der Waals surface area (Å²) in [7, 11) is 0. The van der Waals surface area contributed by atoms with Crippen LogP contribution in [0.1, 0.15) is 11.6 Å². The van der Waals surface area contributed by atoms with Gasteiger partial charge in [0.2, 0.25) is 0 Å². The molecule has 78 valence electrons. The summed E-state index contributed by atoms with van der Waals surface area (Å²) in [5.41, 5.74) is 5.85. The van der Waals surface area contributed by atoms with E-state index >= 15 is 0 Å². The molecule has 1 aromatic carbocycles. The Labute approximate surface area is 89.9 Å². The number of carbonyl (C=O) groups excluding carboxylic acids is 1. The highest BCUT2D eigenvalue weighted by Gasteiger charge is 2.26. The van der Waals surface area contributed by atoms with Crippen molar-refractivity contribution in [3.8, 4) is 0 Å². The van der Waals surface area contributed by atoms with Crippen molar-refractivity contribution in [3.63, 3.8) is 0 Å². The second-order valence-corrected chi connectivity index (χ2v) is 3.49. The fourth-order valence-electron chi connectivity index (χ4n) is 1.33. The van der Waals surface area contributed by atoms with Crippen LogP contribution >= 0.6 is 11.6 Å². The number of nitrogens with one attached hydrogen (secondary N) is 1. The van der Waals surface area contributed by atoms with E-state index in [1.54, 1.807) is 0 Å². The zero-order valence-corrected chi connectivity index (χ0v) is 8.25. The van der Waals surface area contributed by atoms with E-state index in [-0.39, 0.29) is 16.9 Å². The average molecular weight is 228 g/mol. The van der Waals surface area contributed by atoms with Gasteiger partial charge in [0, 0.05) is 0 Å². The molecular formula is C9H7ClFN3O. The molecule has 0 aromatic heterocycles. The SMILES string of the molecule is NC1=NC(c2ccc(F)c(Cl)c2)C(=O)N1. The Morgan fingerprint density at radius 2 is 2.27 bits per heavy atom. The van der Waals surface area contributed by atoms with Gasteiger partial charge in [0.05, 0.1) is 5.02 Å². The third kappa shape index (κ3) is 1.78. The summed E-state index contributed by atoms with van der Waals surface area (Å²) in [6, 6.07) is 3.27. The quantitative estimate of drug-likeness (QED) is 0.751. The number of rotatable bonds is 1. The van der Waals surface area contributed by atoms with Crippen molar-refractivity contribution in [3.05, 3.63) is 34.6 Å². The van der Waals surface area contributed by atoms with Crippen molar-refractivity contribution in [2.24, 2.45) is 10.7 Å². The van der Waals surface area contributed by atoms with Crippen molar-refractivity contribution < 1.29 is 9.18 Å². The molecule has 1 amide bonds. The topological polar surface area (TPSA) is 67.5 Å². The van der Waals surface area contributed by atoms with Gasteiger partial charge in [-0.3, -0.25) is 10.1 Å². The fraction of sp³-hybridized carbons (Fsp3) is 0.111.